The van der Waals surface area contributed by atoms with Gasteiger partial charge >= 0.3 is 0 Å². The minimum absolute atomic E-state index is 0.157. The zero-order valence-electron chi connectivity index (χ0n) is 16.7. The van der Waals surface area contributed by atoms with Gasteiger partial charge in [-0.1, -0.05) is 41.4 Å². The Balaban J connectivity index is 1.72. The van der Waals surface area contributed by atoms with Crippen molar-refractivity contribution in [2.45, 2.75) is 19.9 Å². The van der Waals surface area contributed by atoms with Gasteiger partial charge < -0.3 is 10.1 Å². The highest BCUT2D eigenvalue weighted by atomic mass is 35.5. The van der Waals surface area contributed by atoms with Crippen LogP contribution in [0.4, 0.5) is 5.69 Å². The van der Waals surface area contributed by atoms with E-state index in [0.29, 0.717) is 34.4 Å². The van der Waals surface area contributed by atoms with Gasteiger partial charge in [0.15, 0.2) is 0 Å². The summed E-state index contributed by atoms with van der Waals surface area (Å²) in [5.74, 6) is -0.0565. The number of hydrogen-bond donors (Lipinski definition) is 1. The molecule has 10 heteroatoms. The third-order valence-electron chi connectivity index (χ3n) is 4.85. The zero-order chi connectivity index (χ0) is 21.9. The Labute approximate surface area is 186 Å². The first-order valence-electron chi connectivity index (χ1n) is 9.35. The molecular weight excluding hydrogens is 449 g/mol. The van der Waals surface area contributed by atoms with Crippen molar-refractivity contribution in [1.82, 2.24) is 8.61 Å². The second kappa shape index (κ2) is 9.53. The normalized spacial score (nSPS) is 16.9. The summed E-state index contributed by atoms with van der Waals surface area (Å²) in [5, 5.41) is 3.74. The first kappa shape index (κ1) is 22.8. The summed E-state index contributed by atoms with van der Waals surface area (Å²) in [6.45, 7) is 2.30. The number of halogens is 2. The maximum Gasteiger partial charge on any atom is 0.282 e. The molecule has 2 aromatic carbocycles. The molecule has 3 rings (SSSR count). The average molecular weight is 472 g/mol. The Hall–Kier alpha value is -1.84. The third-order valence-corrected chi connectivity index (χ3v) is 7.55. The monoisotopic (exact) mass is 471 g/mol. The fourth-order valence-electron chi connectivity index (χ4n) is 3.24. The number of nitrogens with one attached hydrogen (secondary N) is 1. The van der Waals surface area contributed by atoms with Crippen LogP contribution in [0.5, 0.6) is 5.75 Å². The summed E-state index contributed by atoms with van der Waals surface area (Å²) in [6, 6.07) is 10.4. The van der Waals surface area contributed by atoms with Crippen LogP contribution in [0.3, 0.4) is 0 Å². The first-order valence-corrected chi connectivity index (χ1v) is 11.5. The molecule has 0 radical (unpaired) electrons. The molecule has 0 aromatic heterocycles. The fourth-order valence-corrected chi connectivity index (χ4v) is 5.21. The lowest BCUT2D eigenvalue weighted by Crippen LogP contribution is -2.51. The number of aryl methyl sites for hydroxylation is 1. The lowest BCUT2D eigenvalue weighted by Gasteiger charge is -2.34. The Bertz CT molecular complexity index is 1050. The molecule has 0 aliphatic carbocycles. The van der Waals surface area contributed by atoms with Crippen LogP contribution in [0, 0.1) is 6.92 Å². The molecule has 1 amide bonds. The minimum Gasteiger partial charge on any atom is -0.495 e. The van der Waals surface area contributed by atoms with E-state index in [2.05, 4.69) is 5.32 Å². The van der Waals surface area contributed by atoms with Crippen molar-refractivity contribution >= 4 is 45.0 Å². The van der Waals surface area contributed by atoms with Gasteiger partial charge in [-0.25, -0.2) is 0 Å². The molecule has 7 nitrogen and oxygen atoms in total. The van der Waals surface area contributed by atoms with E-state index in [1.54, 1.807) is 37.3 Å². The van der Waals surface area contributed by atoms with E-state index < -0.39 is 16.1 Å². The molecule has 1 heterocycles. The van der Waals surface area contributed by atoms with Crippen molar-refractivity contribution in [3.8, 4) is 5.75 Å². The first-order chi connectivity index (χ1) is 14.2. The van der Waals surface area contributed by atoms with Crippen LogP contribution in [0.2, 0.25) is 10.0 Å². The van der Waals surface area contributed by atoms with Crippen molar-refractivity contribution in [3.63, 3.8) is 0 Å². The van der Waals surface area contributed by atoms with Crippen molar-refractivity contribution in [2.24, 2.45) is 0 Å². The van der Waals surface area contributed by atoms with Gasteiger partial charge in [0.25, 0.3) is 10.2 Å². The average Bonchev–Trinajstić information content (AvgIpc) is 2.69. The standard InChI is InChI=1S/C20H23Cl2N3O4S/c1-14-10-18(19(29-2)11-17(14)22)23-20(26)13-25-9-5-8-24(30(25,27)28)12-15-6-3-4-7-16(15)21/h3-4,6-7,10-11H,5,8-9,12-13H2,1-2H3,(H,23,26). The number of carbonyl (C=O) groups is 1. The second-order valence-corrected chi connectivity index (χ2v) is 9.71. The molecule has 1 N–H and O–H groups in total. The molecule has 1 aliphatic heterocycles. The van der Waals surface area contributed by atoms with Crippen molar-refractivity contribution in [3.05, 3.63) is 57.6 Å². The number of ether oxygens (including phenoxy) is 1. The topological polar surface area (TPSA) is 79.0 Å². The molecule has 0 unspecified atom stereocenters. The summed E-state index contributed by atoms with van der Waals surface area (Å²) in [4.78, 5) is 12.6. The fraction of sp³-hybridized carbons (Fsp3) is 0.350. The molecule has 0 bridgehead atoms. The number of amides is 1. The SMILES string of the molecule is COc1cc(Cl)c(C)cc1NC(=O)CN1CCCN(Cc2ccccc2Cl)S1(=O)=O. The number of anilines is 1. The van der Waals surface area contributed by atoms with Crippen LogP contribution in [-0.4, -0.2) is 49.7 Å². The van der Waals surface area contributed by atoms with Crippen LogP contribution >= 0.6 is 23.2 Å². The van der Waals surface area contributed by atoms with Crippen LogP contribution < -0.4 is 10.1 Å². The third kappa shape index (κ3) is 5.07. The van der Waals surface area contributed by atoms with E-state index in [1.165, 1.54) is 15.7 Å². The van der Waals surface area contributed by atoms with Gasteiger partial charge in [-0.3, -0.25) is 4.79 Å². The number of hydrogen-bond acceptors (Lipinski definition) is 4. The van der Waals surface area contributed by atoms with Crippen LogP contribution in [0.1, 0.15) is 17.5 Å². The summed E-state index contributed by atoms with van der Waals surface area (Å²) in [5.41, 5.74) is 1.92. The summed E-state index contributed by atoms with van der Waals surface area (Å²) < 4.78 is 33.8. The molecular formula is C20H23Cl2N3O4S. The predicted octanol–water partition coefficient (Wildman–Crippen LogP) is 3.70. The van der Waals surface area contributed by atoms with Crippen LogP contribution in [-0.2, 0) is 21.5 Å². The molecule has 0 atom stereocenters. The van der Waals surface area contributed by atoms with E-state index >= 15 is 0 Å². The van der Waals surface area contributed by atoms with Gasteiger partial charge in [-0.15, -0.1) is 0 Å². The quantitative estimate of drug-likeness (QED) is 0.696. The number of rotatable bonds is 6. The largest absolute Gasteiger partial charge is 0.495 e. The number of methoxy groups -OCH3 is 1. The Morgan fingerprint density at radius 3 is 2.53 bits per heavy atom. The summed E-state index contributed by atoms with van der Waals surface area (Å²) in [6.07, 6.45) is 0.611. The number of benzene rings is 2. The maximum atomic E-state index is 13.0. The Morgan fingerprint density at radius 2 is 1.83 bits per heavy atom. The zero-order valence-corrected chi connectivity index (χ0v) is 19.0. The molecule has 1 saturated heterocycles. The smallest absolute Gasteiger partial charge is 0.282 e. The summed E-state index contributed by atoms with van der Waals surface area (Å²) in [7, 11) is -2.33. The van der Waals surface area contributed by atoms with Crippen LogP contribution in [0.15, 0.2) is 36.4 Å². The van der Waals surface area contributed by atoms with Crippen molar-refractivity contribution in [2.75, 3.05) is 32.1 Å². The van der Waals surface area contributed by atoms with E-state index in [-0.39, 0.29) is 19.6 Å². The van der Waals surface area contributed by atoms with Crippen molar-refractivity contribution in [1.29, 1.82) is 0 Å². The molecule has 162 valence electrons. The highest BCUT2D eigenvalue weighted by molar-refractivity contribution is 7.86. The van der Waals surface area contributed by atoms with Gasteiger partial charge in [-0.2, -0.15) is 17.0 Å². The number of carbonyl (C=O) groups excluding carboxylic acids is 1. The van der Waals surface area contributed by atoms with Gasteiger partial charge in [-0.05, 0) is 36.6 Å². The van der Waals surface area contributed by atoms with Gasteiger partial charge in [0.1, 0.15) is 5.75 Å². The molecule has 2 aromatic rings. The van der Waals surface area contributed by atoms with Gasteiger partial charge in [0, 0.05) is 35.7 Å². The predicted molar refractivity (Wildman–Crippen MR) is 118 cm³/mol. The van der Waals surface area contributed by atoms with E-state index in [1.807, 2.05) is 6.07 Å². The minimum atomic E-state index is -3.80. The van der Waals surface area contributed by atoms with Crippen LogP contribution in [0.25, 0.3) is 0 Å². The van der Waals surface area contributed by atoms with E-state index in [9.17, 15) is 13.2 Å². The summed E-state index contributed by atoms with van der Waals surface area (Å²) >= 11 is 12.3. The molecule has 1 fully saturated rings. The molecule has 1 aliphatic rings. The van der Waals surface area contributed by atoms with E-state index in [0.717, 1.165) is 11.1 Å². The van der Waals surface area contributed by atoms with Crippen molar-refractivity contribution < 1.29 is 17.9 Å². The highest BCUT2D eigenvalue weighted by Crippen LogP contribution is 2.31. The van der Waals surface area contributed by atoms with E-state index in [4.69, 9.17) is 27.9 Å². The molecule has 0 spiro atoms. The second-order valence-electron chi connectivity index (χ2n) is 6.97. The maximum absolute atomic E-state index is 13.0. The molecule has 0 saturated carbocycles. The Kier molecular flexibility index (Phi) is 7.26. The number of nitrogens with zero attached hydrogens (tertiary/aromatic N) is 2. The highest BCUT2D eigenvalue weighted by Gasteiger charge is 2.35. The van der Waals surface area contributed by atoms with Gasteiger partial charge in [0.2, 0.25) is 5.91 Å². The molecule has 30 heavy (non-hydrogen) atoms. The van der Waals surface area contributed by atoms with Gasteiger partial charge in [0.05, 0.1) is 19.3 Å². The Morgan fingerprint density at radius 1 is 1.13 bits per heavy atom. The lowest BCUT2D eigenvalue weighted by molar-refractivity contribution is -0.116. The lowest BCUT2D eigenvalue weighted by atomic mass is 10.2.